The van der Waals surface area contributed by atoms with E-state index in [1.807, 2.05) is 24.3 Å². The van der Waals surface area contributed by atoms with Crippen molar-refractivity contribution in [1.29, 1.82) is 0 Å². The number of ether oxygens (including phenoxy) is 1. The number of amides is 1. The smallest absolute Gasteiger partial charge is 0.321 e. The van der Waals surface area contributed by atoms with Crippen LogP contribution in [0.4, 0.5) is 4.39 Å². The number of likely N-dealkylation sites (N-methyl/N-ethyl adjacent to an activating group) is 1. The predicted molar refractivity (Wildman–Crippen MR) is 103 cm³/mol. The van der Waals surface area contributed by atoms with Crippen molar-refractivity contribution in [3.63, 3.8) is 0 Å². The van der Waals surface area contributed by atoms with Crippen molar-refractivity contribution in [3.8, 4) is 0 Å². The Balaban J connectivity index is 1.52. The fourth-order valence-electron chi connectivity index (χ4n) is 3.04. The van der Waals surface area contributed by atoms with E-state index >= 15 is 0 Å². The summed E-state index contributed by atoms with van der Waals surface area (Å²) >= 11 is 0. The zero-order chi connectivity index (χ0) is 21.0. The van der Waals surface area contributed by atoms with E-state index in [2.05, 4.69) is 0 Å². The second-order valence-corrected chi connectivity index (χ2v) is 8.75. The zero-order valence-electron chi connectivity index (χ0n) is 15.9. The Kier molecular flexibility index (Phi) is 6.29. The molecule has 0 saturated heterocycles. The number of halogens is 1. The highest BCUT2D eigenvalue weighted by molar-refractivity contribution is 7.89. The molecule has 0 unspecified atom stereocenters. The van der Waals surface area contributed by atoms with Crippen molar-refractivity contribution < 1.29 is 27.1 Å². The third kappa shape index (κ3) is 4.99. The van der Waals surface area contributed by atoms with Crippen LogP contribution in [0.2, 0.25) is 0 Å². The predicted octanol–water partition coefficient (Wildman–Crippen LogP) is 1.57. The van der Waals surface area contributed by atoms with E-state index in [4.69, 9.17) is 4.74 Å². The zero-order valence-corrected chi connectivity index (χ0v) is 16.7. The van der Waals surface area contributed by atoms with Crippen LogP contribution in [0.3, 0.4) is 0 Å². The van der Waals surface area contributed by atoms with Crippen LogP contribution in [0.5, 0.6) is 0 Å². The molecule has 0 aliphatic carbocycles. The quantitative estimate of drug-likeness (QED) is 0.663. The number of esters is 1. The summed E-state index contributed by atoms with van der Waals surface area (Å²) in [7, 11) is -2.76. The van der Waals surface area contributed by atoms with Gasteiger partial charge in [0.25, 0.3) is 5.91 Å². The van der Waals surface area contributed by atoms with Crippen LogP contribution >= 0.6 is 0 Å². The molecule has 0 bridgehead atoms. The van der Waals surface area contributed by atoms with Gasteiger partial charge in [-0.1, -0.05) is 24.3 Å². The van der Waals surface area contributed by atoms with Gasteiger partial charge >= 0.3 is 5.97 Å². The normalized spacial score (nSPS) is 13.8. The first kappa shape index (κ1) is 20.9. The highest BCUT2D eigenvalue weighted by Crippen LogP contribution is 2.18. The Morgan fingerprint density at radius 2 is 1.76 bits per heavy atom. The number of fused-ring (bicyclic) bond motifs is 1. The molecule has 1 heterocycles. The molecule has 2 aromatic rings. The number of carbonyl (C=O) groups is 2. The molecule has 0 aromatic heterocycles. The molecule has 2 aromatic carbocycles. The highest BCUT2D eigenvalue weighted by Gasteiger charge is 2.25. The third-order valence-corrected chi connectivity index (χ3v) is 6.53. The lowest BCUT2D eigenvalue weighted by molar-refractivity contribution is -0.152. The number of hydrogen-bond acceptors (Lipinski definition) is 5. The Labute approximate surface area is 168 Å². The van der Waals surface area contributed by atoms with Crippen molar-refractivity contribution in [3.05, 3.63) is 65.5 Å². The fraction of sp³-hybridized carbons (Fsp3) is 0.300. The molecule has 1 aliphatic heterocycles. The van der Waals surface area contributed by atoms with Gasteiger partial charge in [0.2, 0.25) is 10.0 Å². The summed E-state index contributed by atoms with van der Waals surface area (Å²) in [5.74, 6) is -1.74. The van der Waals surface area contributed by atoms with E-state index in [9.17, 15) is 22.4 Å². The molecule has 0 atom stereocenters. The Bertz CT molecular complexity index is 1010. The number of hydrogen-bond donors (Lipinski definition) is 0. The van der Waals surface area contributed by atoms with E-state index in [0.717, 1.165) is 40.6 Å². The van der Waals surface area contributed by atoms with E-state index in [1.54, 1.807) is 4.90 Å². The van der Waals surface area contributed by atoms with Crippen LogP contribution < -0.4 is 0 Å². The van der Waals surface area contributed by atoms with Crippen molar-refractivity contribution in [2.75, 3.05) is 26.7 Å². The molecule has 0 N–H and O–H groups in total. The molecule has 1 amide bonds. The third-order valence-electron chi connectivity index (χ3n) is 4.71. The summed E-state index contributed by atoms with van der Waals surface area (Å²) in [5.41, 5.74) is 2.25. The maximum absolute atomic E-state index is 13.0. The largest absolute Gasteiger partial charge is 0.455 e. The number of sulfonamides is 1. The van der Waals surface area contributed by atoms with E-state index < -0.39 is 35.0 Å². The van der Waals surface area contributed by atoms with Crippen molar-refractivity contribution in [2.45, 2.75) is 17.9 Å². The molecule has 0 fully saturated rings. The van der Waals surface area contributed by atoms with Crippen LogP contribution in [-0.4, -0.2) is 56.2 Å². The van der Waals surface area contributed by atoms with Crippen molar-refractivity contribution >= 4 is 21.9 Å². The Morgan fingerprint density at radius 3 is 2.45 bits per heavy atom. The first-order valence-electron chi connectivity index (χ1n) is 8.99. The summed E-state index contributed by atoms with van der Waals surface area (Å²) in [6.45, 7) is -0.0289. The number of carbonyl (C=O) groups excluding carboxylic acids is 2. The molecular weight excluding hydrogens is 399 g/mol. The molecule has 9 heteroatoms. The molecule has 1 aliphatic rings. The minimum atomic E-state index is -3.97. The molecule has 7 nitrogen and oxygen atoms in total. The monoisotopic (exact) mass is 420 g/mol. The average molecular weight is 420 g/mol. The van der Waals surface area contributed by atoms with Gasteiger partial charge in [0.1, 0.15) is 12.4 Å². The molecule has 0 saturated carbocycles. The average Bonchev–Trinajstić information content (AvgIpc) is 2.71. The SMILES string of the molecule is CN(CC(=O)OCC(=O)N1CCc2ccccc2C1)S(=O)(=O)c1ccc(F)cc1. The van der Waals surface area contributed by atoms with E-state index in [1.165, 1.54) is 12.6 Å². The number of nitrogens with zero attached hydrogens (tertiary/aromatic N) is 2. The standard InChI is InChI=1S/C20H21FN2O5S/c1-22(29(26,27)18-8-6-17(21)7-9-18)13-20(25)28-14-19(24)23-11-10-15-4-2-3-5-16(15)12-23/h2-9H,10-14H2,1H3. The van der Waals surface area contributed by atoms with Gasteiger partial charge in [0, 0.05) is 20.1 Å². The van der Waals surface area contributed by atoms with Gasteiger partial charge in [0.15, 0.2) is 6.61 Å². The maximum atomic E-state index is 13.0. The minimum absolute atomic E-state index is 0.141. The lowest BCUT2D eigenvalue weighted by atomic mass is 10.00. The van der Waals surface area contributed by atoms with Crippen LogP contribution in [0.25, 0.3) is 0 Å². The lowest BCUT2D eigenvalue weighted by Gasteiger charge is -2.28. The van der Waals surface area contributed by atoms with Gasteiger partial charge in [-0.15, -0.1) is 0 Å². The topological polar surface area (TPSA) is 84.0 Å². The minimum Gasteiger partial charge on any atom is -0.455 e. The van der Waals surface area contributed by atoms with Crippen LogP contribution in [0, 0.1) is 5.82 Å². The molecule has 154 valence electrons. The van der Waals surface area contributed by atoms with Crippen molar-refractivity contribution in [1.82, 2.24) is 9.21 Å². The van der Waals surface area contributed by atoms with Crippen LogP contribution in [0.1, 0.15) is 11.1 Å². The van der Waals surface area contributed by atoms with Crippen LogP contribution in [-0.2, 0) is 37.3 Å². The Morgan fingerprint density at radius 1 is 1.10 bits per heavy atom. The van der Waals surface area contributed by atoms with Gasteiger partial charge in [-0.2, -0.15) is 4.31 Å². The number of benzene rings is 2. The van der Waals surface area contributed by atoms with Gasteiger partial charge in [-0.3, -0.25) is 9.59 Å². The molecular formula is C20H21FN2O5S. The van der Waals surface area contributed by atoms with E-state index in [-0.39, 0.29) is 10.8 Å². The molecule has 0 radical (unpaired) electrons. The van der Waals surface area contributed by atoms with Gasteiger partial charge in [-0.25, -0.2) is 12.8 Å². The number of rotatable bonds is 6. The Hall–Kier alpha value is -2.78. The lowest BCUT2D eigenvalue weighted by Crippen LogP contribution is -2.39. The van der Waals surface area contributed by atoms with Gasteiger partial charge in [0.05, 0.1) is 4.90 Å². The van der Waals surface area contributed by atoms with Gasteiger partial charge < -0.3 is 9.64 Å². The summed E-state index contributed by atoms with van der Waals surface area (Å²) in [6, 6.07) is 12.1. The summed E-state index contributed by atoms with van der Waals surface area (Å²) in [4.78, 5) is 25.8. The van der Waals surface area contributed by atoms with E-state index in [0.29, 0.717) is 13.1 Å². The maximum Gasteiger partial charge on any atom is 0.321 e. The first-order valence-corrected chi connectivity index (χ1v) is 10.4. The first-order chi connectivity index (χ1) is 13.8. The highest BCUT2D eigenvalue weighted by atomic mass is 32.2. The molecule has 29 heavy (non-hydrogen) atoms. The molecule has 3 rings (SSSR count). The van der Waals surface area contributed by atoms with Crippen LogP contribution in [0.15, 0.2) is 53.4 Å². The molecule has 0 spiro atoms. The van der Waals surface area contributed by atoms with Gasteiger partial charge in [-0.05, 0) is 41.8 Å². The summed E-state index contributed by atoms with van der Waals surface area (Å²) < 4.78 is 43.5. The summed E-state index contributed by atoms with van der Waals surface area (Å²) in [6.07, 6.45) is 0.731. The van der Waals surface area contributed by atoms with Crippen molar-refractivity contribution in [2.24, 2.45) is 0 Å². The second kappa shape index (κ2) is 8.71. The fourth-order valence-corrected chi connectivity index (χ4v) is 4.16. The second-order valence-electron chi connectivity index (χ2n) is 6.71. The summed E-state index contributed by atoms with van der Waals surface area (Å²) in [5, 5.41) is 0.